The van der Waals surface area contributed by atoms with E-state index in [-0.39, 0.29) is 11.4 Å². The van der Waals surface area contributed by atoms with Crippen LogP contribution in [-0.2, 0) is 17.8 Å². The van der Waals surface area contributed by atoms with Crippen molar-refractivity contribution in [2.75, 3.05) is 18.5 Å². The van der Waals surface area contributed by atoms with E-state index in [0.29, 0.717) is 48.9 Å². The minimum absolute atomic E-state index is 0.206. The van der Waals surface area contributed by atoms with Gasteiger partial charge in [-0.3, -0.25) is 19.3 Å². The van der Waals surface area contributed by atoms with Gasteiger partial charge in [0.15, 0.2) is 11.5 Å². The maximum Gasteiger partial charge on any atom is 0.293 e. The summed E-state index contributed by atoms with van der Waals surface area (Å²) in [6.07, 6.45) is 5.99. The van der Waals surface area contributed by atoms with Crippen molar-refractivity contribution >= 4 is 17.0 Å². The average Bonchev–Trinajstić information content (AvgIpc) is 3.15. The Labute approximate surface area is 191 Å². The number of nitrogens with zero attached hydrogens (tertiary/aromatic N) is 6. The van der Waals surface area contributed by atoms with Crippen LogP contribution < -0.4 is 10.9 Å². The summed E-state index contributed by atoms with van der Waals surface area (Å²) in [6.45, 7) is 9.39. The number of fused-ring (bicyclic) bond motifs is 1. The lowest BCUT2D eigenvalue weighted by atomic mass is 10.1. The van der Waals surface area contributed by atoms with Gasteiger partial charge in [-0.25, -0.2) is 9.97 Å². The number of rotatable bonds is 9. The van der Waals surface area contributed by atoms with Gasteiger partial charge in [-0.05, 0) is 33.3 Å². The van der Waals surface area contributed by atoms with Gasteiger partial charge >= 0.3 is 0 Å². The normalized spacial score (nSPS) is 11.3. The summed E-state index contributed by atoms with van der Waals surface area (Å²) in [6, 6.07) is 1.90. The molecule has 0 aromatic carbocycles. The van der Waals surface area contributed by atoms with Crippen molar-refractivity contribution in [1.82, 2.24) is 29.7 Å². The lowest BCUT2D eigenvalue weighted by Gasteiger charge is -2.14. The van der Waals surface area contributed by atoms with Gasteiger partial charge in [-0.2, -0.15) is 0 Å². The van der Waals surface area contributed by atoms with E-state index >= 15 is 0 Å². The van der Waals surface area contributed by atoms with E-state index in [2.05, 4.69) is 30.4 Å². The third-order valence-electron chi connectivity index (χ3n) is 5.20. The number of anilines is 1. The summed E-state index contributed by atoms with van der Waals surface area (Å²) in [4.78, 5) is 30.9. The van der Waals surface area contributed by atoms with Gasteiger partial charge in [-0.1, -0.05) is 12.1 Å². The molecular formula is C23H27N7O3. The monoisotopic (exact) mass is 449 g/mol. The van der Waals surface area contributed by atoms with Crippen LogP contribution in [0.5, 0.6) is 0 Å². The second kappa shape index (κ2) is 9.86. The number of hydrogen-bond donors (Lipinski definition) is 1. The molecular weight excluding hydrogens is 422 g/mol. The Morgan fingerprint density at radius 1 is 1.09 bits per heavy atom. The predicted octanol–water partition coefficient (Wildman–Crippen LogP) is 3.20. The molecule has 4 heterocycles. The van der Waals surface area contributed by atoms with Gasteiger partial charge < -0.3 is 14.6 Å². The minimum Gasteiger partial charge on any atom is -0.380 e. The Bertz CT molecular complexity index is 1290. The molecule has 4 aromatic heterocycles. The molecule has 0 unspecified atom stereocenters. The van der Waals surface area contributed by atoms with Gasteiger partial charge in [0.25, 0.3) is 5.56 Å². The molecule has 0 radical (unpaired) electrons. The molecule has 0 amide bonds. The molecule has 33 heavy (non-hydrogen) atoms. The van der Waals surface area contributed by atoms with Crippen molar-refractivity contribution in [2.24, 2.45) is 0 Å². The van der Waals surface area contributed by atoms with E-state index in [9.17, 15) is 4.79 Å². The van der Waals surface area contributed by atoms with Gasteiger partial charge in [0.1, 0.15) is 5.76 Å². The van der Waals surface area contributed by atoms with Crippen LogP contribution >= 0.6 is 0 Å². The maximum atomic E-state index is 13.3. The lowest BCUT2D eigenvalue weighted by molar-refractivity contribution is 0.127. The Hall–Kier alpha value is -3.66. The third-order valence-corrected chi connectivity index (χ3v) is 5.20. The van der Waals surface area contributed by atoms with Crippen LogP contribution in [-0.4, -0.2) is 42.9 Å². The zero-order chi connectivity index (χ0) is 23.4. The van der Waals surface area contributed by atoms with Crippen molar-refractivity contribution in [3.63, 3.8) is 0 Å². The Morgan fingerprint density at radius 2 is 1.94 bits per heavy atom. The number of aromatic nitrogens is 6. The first-order valence-corrected chi connectivity index (χ1v) is 10.9. The highest BCUT2D eigenvalue weighted by atomic mass is 16.5. The van der Waals surface area contributed by atoms with Crippen LogP contribution in [0.2, 0.25) is 0 Å². The van der Waals surface area contributed by atoms with Gasteiger partial charge in [0, 0.05) is 36.7 Å². The van der Waals surface area contributed by atoms with Gasteiger partial charge in [0.2, 0.25) is 0 Å². The van der Waals surface area contributed by atoms with Crippen molar-refractivity contribution in [2.45, 2.75) is 47.2 Å². The zero-order valence-corrected chi connectivity index (χ0v) is 19.3. The third kappa shape index (κ3) is 4.90. The summed E-state index contributed by atoms with van der Waals surface area (Å²) in [5.74, 6) is 0.900. The van der Waals surface area contributed by atoms with Crippen LogP contribution in [0, 0.1) is 20.8 Å². The standard InChI is InChI=1S/C23H27N7O3/c1-5-7-32-8-6-30-19-9-17(20-15(3)29-33-16(20)4)11-26-21(19)28-22(23(30)31)27-13-18-12-24-14(2)10-25-18/h9-12H,5-8,13H2,1-4H3,(H,26,27,28). The summed E-state index contributed by atoms with van der Waals surface area (Å²) < 4.78 is 12.6. The molecule has 0 fully saturated rings. The molecule has 0 saturated heterocycles. The molecule has 0 atom stereocenters. The molecule has 1 N–H and O–H groups in total. The molecule has 0 aliphatic rings. The maximum absolute atomic E-state index is 13.3. The number of pyridine rings is 1. The Balaban J connectivity index is 1.73. The van der Waals surface area contributed by atoms with Gasteiger partial charge in [-0.15, -0.1) is 0 Å². The summed E-state index contributed by atoms with van der Waals surface area (Å²) in [7, 11) is 0. The molecule has 4 rings (SSSR count). The second-order valence-electron chi connectivity index (χ2n) is 7.80. The molecule has 0 saturated carbocycles. The zero-order valence-electron chi connectivity index (χ0n) is 19.3. The van der Waals surface area contributed by atoms with E-state index in [1.165, 1.54) is 0 Å². The van der Waals surface area contributed by atoms with Crippen molar-refractivity contribution in [1.29, 1.82) is 0 Å². The first-order chi connectivity index (χ1) is 16.0. The minimum atomic E-state index is -0.250. The molecule has 4 aromatic rings. The highest BCUT2D eigenvalue weighted by molar-refractivity contribution is 5.80. The Morgan fingerprint density at radius 3 is 2.64 bits per heavy atom. The van der Waals surface area contributed by atoms with Crippen molar-refractivity contribution in [3.8, 4) is 11.1 Å². The predicted molar refractivity (Wildman–Crippen MR) is 124 cm³/mol. The van der Waals surface area contributed by atoms with Gasteiger partial charge in [0.05, 0.1) is 41.9 Å². The fraction of sp³-hybridized carbons (Fsp3) is 0.391. The van der Waals surface area contributed by atoms with Crippen LogP contribution in [0.1, 0.15) is 36.2 Å². The lowest BCUT2D eigenvalue weighted by Crippen LogP contribution is -2.27. The highest BCUT2D eigenvalue weighted by Crippen LogP contribution is 2.28. The molecule has 172 valence electrons. The fourth-order valence-electron chi connectivity index (χ4n) is 3.58. The first kappa shape index (κ1) is 22.5. The highest BCUT2D eigenvalue weighted by Gasteiger charge is 2.17. The molecule has 0 bridgehead atoms. The molecule has 0 spiro atoms. The van der Waals surface area contributed by atoms with Crippen molar-refractivity contribution in [3.05, 3.63) is 57.9 Å². The smallest absolute Gasteiger partial charge is 0.293 e. The van der Waals surface area contributed by atoms with Crippen molar-refractivity contribution < 1.29 is 9.26 Å². The second-order valence-corrected chi connectivity index (χ2v) is 7.80. The molecule has 0 aliphatic heterocycles. The summed E-state index contributed by atoms with van der Waals surface area (Å²) in [5, 5.41) is 7.12. The molecule has 10 nitrogen and oxygen atoms in total. The summed E-state index contributed by atoms with van der Waals surface area (Å²) >= 11 is 0. The van der Waals surface area contributed by atoms with E-state index in [1.807, 2.05) is 33.8 Å². The first-order valence-electron chi connectivity index (χ1n) is 10.9. The number of nitrogens with one attached hydrogen (secondary N) is 1. The number of aryl methyl sites for hydroxylation is 3. The van der Waals surface area contributed by atoms with Crippen LogP contribution in [0.25, 0.3) is 22.3 Å². The molecule has 0 aliphatic carbocycles. The molecule has 10 heteroatoms. The van der Waals surface area contributed by atoms with E-state index in [4.69, 9.17) is 9.26 Å². The SMILES string of the molecule is CCCOCCn1c(=O)c(NCc2cnc(C)cn2)nc2ncc(-c3c(C)noc3C)cc21. The number of ether oxygens (including phenoxy) is 1. The van der Waals surface area contributed by atoms with E-state index in [1.54, 1.807) is 23.2 Å². The topological polar surface area (TPSA) is 121 Å². The fourth-order valence-corrected chi connectivity index (χ4v) is 3.58. The van der Waals surface area contributed by atoms with Crippen LogP contribution in [0.4, 0.5) is 5.82 Å². The average molecular weight is 450 g/mol. The van der Waals surface area contributed by atoms with E-state index in [0.717, 1.165) is 28.9 Å². The quantitative estimate of drug-likeness (QED) is 0.384. The van der Waals surface area contributed by atoms with Crippen LogP contribution in [0.3, 0.4) is 0 Å². The Kier molecular flexibility index (Phi) is 6.74. The van der Waals surface area contributed by atoms with E-state index < -0.39 is 0 Å². The van der Waals surface area contributed by atoms with Crippen LogP contribution in [0.15, 0.2) is 34.0 Å². The number of hydrogen-bond acceptors (Lipinski definition) is 9. The summed E-state index contributed by atoms with van der Waals surface area (Å²) in [5.41, 5.74) is 4.82. The largest absolute Gasteiger partial charge is 0.380 e.